The van der Waals surface area contributed by atoms with Gasteiger partial charge in [0.1, 0.15) is 5.60 Å². The van der Waals surface area contributed by atoms with Gasteiger partial charge >= 0.3 is 6.09 Å². The Labute approximate surface area is 130 Å². The van der Waals surface area contributed by atoms with Crippen LogP contribution in [0.3, 0.4) is 0 Å². The van der Waals surface area contributed by atoms with Crippen LogP contribution < -0.4 is 0 Å². The van der Waals surface area contributed by atoms with Crippen LogP contribution in [0.25, 0.3) is 0 Å². The predicted octanol–water partition coefficient (Wildman–Crippen LogP) is 3.57. The first-order valence-electron chi connectivity index (χ1n) is 7.84. The first kappa shape index (κ1) is 17.4. The Morgan fingerprint density at radius 3 is 2.09 bits per heavy atom. The second kappa shape index (κ2) is 5.05. The summed E-state index contributed by atoms with van der Waals surface area (Å²) in [4.78, 5) is 14.0. The van der Waals surface area contributed by atoms with E-state index in [1.807, 2.05) is 0 Å². The molecule has 1 amide bonds. The molecule has 2 rings (SSSR count). The molecule has 128 valence electrons. The van der Waals surface area contributed by atoms with Gasteiger partial charge in [-0.25, -0.2) is 13.6 Å². The number of piperidine rings is 1. The van der Waals surface area contributed by atoms with Crippen LogP contribution in [0.1, 0.15) is 60.3 Å². The summed E-state index contributed by atoms with van der Waals surface area (Å²) in [6.45, 7) is 8.44. The van der Waals surface area contributed by atoms with E-state index in [2.05, 4.69) is 0 Å². The maximum Gasteiger partial charge on any atom is 0.410 e. The number of carbonyl (C=O) groups excluding carboxylic acids is 1. The Morgan fingerprint density at radius 2 is 1.73 bits per heavy atom. The monoisotopic (exact) mass is 319 g/mol. The highest BCUT2D eigenvalue weighted by atomic mass is 19.3. The number of likely N-dealkylation sites (tertiary alicyclic amines) is 1. The summed E-state index contributed by atoms with van der Waals surface area (Å²) in [6, 6.07) is 0. The first-order chi connectivity index (χ1) is 9.83. The summed E-state index contributed by atoms with van der Waals surface area (Å²) in [7, 11) is 0. The zero-order valence-electron chi connectivity index (χ0n) is 14.1. The lowest BCUT2D eigenvalue weighted by molar-refractivity contribution is -0.176. The Balaban J connectivity index is 2.22. The average Bonchev–Trinajstić information content (AvgIpc) is 3.04. The normalized spacial score (nSPS) is 28.1. The molecule has 1 aliphatic heterocycles. The number of hydrogen-bond acceptors (Lipinski definition) is 3. The molecule has 1 heterocycles. The predicted molar refractivity (Wildman–Crippen MR) is 78.9 cm³/mol. The van der Waals surface area contributed by atoms with Gasteiger partial charge in [0.05, 0.1) is 11.0 Å². The number of aliphatic hydroxyl groups is 1. The van der Waals surface area contributed by atoms with E-state index in [1.54, 1.807) is 25.7 Å². The highest BCUT2D eigenvalue weighted by Crippen LogP contribution is 2.59. The summed E-state index contributed by atoms with van der Waals surface area (Å²) < 4.78 is 32.9. The van der Waals surface area contributed by atoms with Crippen molar-refractivity contribution >= 4 is 6.09 Å². The van der Waals surface area contributed by atoms with Crippen molar-refractivity contribution < 1.29 is 23.4 Å². The van der Waals surface area contributed by atoms with E-state index >= 15 is 0 Å². The average molecular weight is 319 g/mol. The lowest BCUT2D eigenvalue weighted by atomic mass is 9.64. The third-order valence-corrected chi connectivity index (χ3v) is 5.08. The second-order valence-electron chi connectivity index (χ2n) is 8.30. The van der Waals surface area contributed by atoms with Crippen LogP contribution in [0, 0.1) is 5.41 Å². The van der Waals surface area contributed by atoms with Crippen molar-refractivity contribution in [1.29, 1.82) is 0 Å². The van der Waals surface area contributed by atoms with Crippen molar-refractivity contribution in [3.63, 3.8) is 0 Å². The largest absolute Gasteiger partial charge is 0.444 e. The van der Waals surface area contributed by atoms with Gasteiger partial charge in [-0.3, -0.25) is 0 Å². The number of hydrogen-bond donors (Lipinski definition) is 1. The van der Waals surface area contributed by atoms with Crippen LogP contribution in [0.2, 0.25) is 0 Å². The number of halogens is 2. The summed E-state index contributed by atoms with van der Waals surface area (Å²) >= 11 is 0. The van der Waals surface area contributed by atoms with Gasteiger partial charge in [-0.2, -0.15) is 0 Å². The van der Waals surface area contributed by atoms with Gasteiger partial charge < -0.3 is 14.7 Å². The molecule has 2 fully saturated rings. The van der Waals surface area contributed by atoms with Gasteiger partial charge in [0.25, 0.3) is 0 Å². The quantitative estimate of drug-likeness (QED) is 0.846. The third-order valence-electron chi connectivity index (χ3n) is 5.08. The van der Waals surface area contributed by atoms with E-state index in [1.165, 1.54) is 13.8 Å². The highest BCUT2D eigenvalue weighted by Gasteiger charge is 2.64. The molecule has 22 heavy (non-hydrogen) atoms. The lowest BCUT2D eigenvalue weighted by Crippen LogP contribution is -2.60. The smallest absolute Gasteiger partial charge is 0.410 e. The van der Waals surface area contributed by atoms with E-state index in [4.69, 9.17) is 4.74 Å². The van der Waals surface area contributed by atoms with Gasteiger partial charge in [0.15, 0.2) is 0 Å². The summed E-state index contributed by atoms with van der Waals surface area (Å²) in [5.74, 6) is 0. The minimum absolute atomic E-state index is 0.0785. The molecule has 0 radical (unpaired) electrons. The molecule has 6 heteroatoms. The van der Waals surface area contributed by atoms with Gasteiger partial charge in [0, 0.05) is 12.1 Å². The molecule has 1 N–H and O–H groups in total. The van der Waals surface area contributed by atoms with E-state index in [0.29, 0.717) is 12.8 Å². The highest BCUT2D eigenvalue weighted by molar-refractivity contribution is 5.70. The number of alkyl halides is 2. The van der Waals surface area contributed by atoms with Crippen molar-refractivity contribution in [2.45, 2.75) is 83.5 Å². The van der Waals surface area contributed by atoms with E-state index in [0.717, 1.165) is 0 Å². The van der Waals surface area contributed by atoms with Crippen LogP contribution in [0.4, 0.5) is 13.6 Å². The fourth-order valence-corrected chi connectivity index (χ4v) is 3.49. The van der Waals surface area contributed by atoms with Crippen molar-refractivity contribution in [3.05, 3.63) is 0 Å². The standard InChI is InChI=1S/C16H27F2NO3/c1-13(2,3)22-12(20)19-9-8-16(11(17)18,14(4,5)21)10-15(19)6-7-15/h11,21H,6-10H2,1-5H3. The Hall–Kier alpha value is -0.910. The van der Waals surface area contributed by atoms with Crippen molar-refractivity contribution in [2.24, 2.45) is 5.41 Å². The number of ether oxygens (including phenoxy) is 1. The second-order valence-corrected chi connectivity index (χ2v) is 8.30. The summed E-state index contributed by atoms with van der Waals surface area (Å²) in [5, 5.41) is 10.3. The fourth-order valence-electron chi connectivity index (χ4n) is 3.49. The molecule has 1 saturated heterocycles. The molecular weight excluding hydrogens is 292 g/mol. The van der Waals surface area contributed by atoms with Gasteiger partial charge in [0.2, 0.25) is 6.43 Å². The zero-order valence-corrected chi connectivity index (χ0v) is 14.1. The molecule has 1 saturated carbocycles. The SMILES string of the molecule is CC(C)(C)OC(=O)N1CCC(C(F)F)(C(C)(C)O)CC12CC2. The molecule has 1 aliphatic carbocycles. The molecular formula is C16H27F2NO3. The molecule has 0 aromatic heterocycles. The zero-order chi connectivity index (χ0) is 17.0. The van der Waals surface area contributed by atoms with Crippen LogP contribution in [0.15, 0.2) is 0 Å². The lowest BCUT2D eigenvalue weighted by Gasteiger charge is -2.52. The fraction of sp³-hybridized carbons (Fsp3) is 0.938. The molecule has 0 bridgehead atoms. The van der Waals surface area contributed by atoms with Crippen molar-refractivity contribution in [2.75, 3.05) is 6.54 Å². The van der Waals surface area contributed by atoms with Gasteiger partial charge in [-0.05, 0) is 60.3 Å². The molecule has 1 unspecified atom stereocenters. The maximum atomic E-state index is 13.7. The number of rotatable bonds is 2. The molecule has 0 aromatic carbocycles. The first-order valence-corrected chi connectivity index (χ1v) is 7.84. The van der Waals surface area contributed by atoms with Crippen LogP contribution in [-0.4, -0.2) is 45.8 Å². The molecule has 4 nitrogen and oxygen atoms in total. The van der Waals surface area contributed by atoms with E-state index in [-0.39, 0.29) is 19.4 Å². The minimum Gasteiger partial charge on any atom is -0.444 e. The maximum absolute atomic E-state index is 13.7. The van der Waals surface area contributed by atoms with Crippen LogP contribution in [0.5, 0.6) is 0 Å². The molecule has 1 spiro atoms. The van der Waals surface area contributed by atoms with Crippen molar-refractivity contribution in [1.82, 2.24) is 4.90 Å². The van der Waals surface area contributed by atoms with Gasteiger partial charge in [-0.15, -0.1) is 0 Å². The van der Waals surface area contributed by atoms with E-state index in [9.17, 15) is 18.7 Å². The molecule has 2 aliphatic rings. The van der Waals surface area contributed by atoms with Crippen molar-refractivity contribution in [3.8, 4) is 0 Å². The number of nitrogens with zero attached hydrogens (tertiary/aromatic N) is 1. The Kier molecular flexibility index (Phi) is 4.00. The topological polar surface area (TPSA) is 49.8 Å². The summed E-state index contributed by atoms with van der Waals surface area (Å²) in [5.41, 5.74) is -4.14. The number of carbonyl (C=O) groups is 1. The minimum atomic E-state index is -2.62. The van der Waals surface area contributed by atoms with E-state index < -0.39 is 34.7 Å². The van der Waals surface area contributed by atoms with Gasteiger partial charge in [-0.1, -0.05) is 0 Å². The Morgan fingerprint density at radius 1 is 1.18 bits per heavy atom. The van der Waals surface area contributed by atoms with Crippen LogP contribution >= 0.6 is 0 Å². The molecule has 0 aromatic rings. The van der Waals surface area contributed by atoms with Crippen LogP contribution in [-0.2, 0) is 4.74 Å². The Bertz CT molecular complexity index is 449. The third kappa shape index (κ3) is 2.94. The summed E-state index contributed by atoms with van der Waals surface area (Å²) in [6.07, 6.45) is -1.47. The molecule has 1 atom stereocenters. The number of amides is 1.